The first-order valence-electron chi connectivity index (χ1n) is 10.4. The van der Waals surface area contributed by atoms with Gasteiger partial charge in [-0.3, -0.25) is 14.2 Å². The molecule has 1 heterocycles. The fraction of sp³-hybridized carbons (Fsp3) is 0.304. The largest absolute Gasteiger partial charge is 0.497 e. The highest BCUT2D eigenvalue weighted by Crippen LogP contribution is 2.26. The van der Waals surface area contributed by atoms with E-state index in [9.17, 15) is 9.59 Å². The summed E-state index contributed by atoms with van der Waals surface area (Å²) in [6, 6.07) is 12.2. The molecule has 0 atom stereocenters. The molecule has 3 rings (SSSR count). The molecular weight excluding hydrogens is 460 g/mol. The molecule has 0 fully saturated rings. The third kappa shape index (κ3) is 5.98. The summed E-state index contributed by atoms with van der Waals surface area (Å²) in [5.41, 5.74) is 1.11. The number of nitrogens with one attached hydrogen (secondary N) is 1. The van der Waals surface area contributed by atoms with Crippen molar-refractivity contribution in [1.29, 1.82) is 0 Å². The Morgan fingerprint density at radius 3 is 2.32 bits per heavy atom. The first-order chi connectivity index (χ1) is 16.5. The van der Waals surface area contributed by atoms with Crippen molar-refractivity contribution in [2.75, 3.05) is 33.7 Å². The van der Waals surface area contributed by atoms with E-state index in [2.05, 4.69) is 15.5 Å². The van der Waals surface area contributed by atoms with E-state index in [0.29, 0.717) is 40.4 Å². The van der Waals surface area contributed by atoms with Crippen molar-refractivity contribution in [3.8, 4) is 22.9 Å². The molecule has 3 aromatic rings. The van der Waals surface area contributed by atoms with Crippen LogP contribution < -0.4 is 19.5 Å². The summed E-state index contributed by atoms with van der Waals surface area (Å²) in [7, 11) is 4.61. The second-order valence-electron chi connectivity index (χ2n) is 6.77. The van der Waals surface area contributed by atoms with E-state index in [4.69, 9.17) is 18.9 Å². The third-order valence-electron chi connectivity index (χ3n) is 4.72. The van der Waals surface area contributed by atoms with Gasteiger partial charge in [0.15, 0.2) is 11.0 Å². The van der Waals surface area contributed by atoms with Crippen molar-refractivity contribution < 1.29 is 28.5 Å². The van der Waals surface area contributed by atoms with Crippen LogP contribution >= 0.6 is 11.8 Å². The second-order valence-corrected chi connectivity index (χ2v) is 7.72. The van der Waals surface area contributed by atoms with Crippen LogP contribution in [0.4, 0.5) is 0 Å². The summed E-state index contributed by atoms with van der Waals surface area (Å²) >= 11 is 1.20. The minimum Gasteiger partial charge on any atom is -0.497 e. The van der Waals surface area contributed by atoms with Gasteiger partial charge in [0.25, 0.3) is 5.91 Å². The van der Waals surface area contributed by atoms with Crippen LogP contribution in [-0.2, 0) is 16.1 Å². The fourth-order valence-electron chi connectivity index (χ4n) is 3.07. The summed E-state index contributed by atoms with van der Waals surface area (Å²) in [6.45, 7) is 2.14. The lowest BCUT2D eigenvalue weighted by Crippen LogP contribution is -2.25. The lowest BCUT2D eigenvalue weighted by atomic mass is 10.1. The maximum atomic E-state index is 12.9. The van der Waals surface area contributed by atoms with Crippen LogP contribution in [0, 0.1) is 0 Å². The van der Waals surface area contributed by atoms with Gasteiger partial charge in [0.1, 0.15) is 17.2 Å². The van der Waals surface area contributed by atoms with Gasteiger partial charge >= 0.3 is 5.97 Å². The number of hydrogen-bond donors (Lipinski definition) is 1. The minimum absolute atomic E-state index is 0.0809. The molecular formula is C23H26N4O6S. The zero-order valence-corrected chi connectivity index (χ0v) is 20.2. The molecule has 1 amide bonds. The van der Waals surface area contributed by atoms with Crippen LogP contribution in [0.3, 0.4) is 0 Å². The van der Waals surface area contributed by atoms with Crippen molar-refractivity contribution in [2.24, 2.45) is 0 Å². The highest BCUT2D eigenvalue weighted by Gasteiger charge is 2.19. The Hall–Kier alpha value is -3.73. The molecule has 34 heavy (non-hydrogen) atoms. The Morgan fingerprint density at radius 2 is 1.68 bits per heavy atom. The number of amides is 1. The smallest absolute Gasteiger partial charge is 0.316 e. The van der Waals surface area contributed by atoms with Gasteiger partial charge < -0.3 is 24.3 Å². The number of hydrogen-bond acceptors (Lipinski definition) is 9. The van der Waals surface area contributed by atoms with Crippen LogP contribution in [-0.4, -0.2) is 60.3 Å². The molecule has 1 aromatic heterocycles. The molecule has 0 aliphatic heterocycles. The van der Waals surface area contributed by atoms with Gasteiger partial charge in [-0.1, -0.05) is 11.8 Å². The summed E-state index contributed by atoms with van der Waals surface area (Å²) < 4.78 is 22.5. The van der Waals surface area contributed by atoms with Gasteiger partial charge in [-0.25, -0.2) is 0 Å². The molecule has 0 radical (unpaired) electrons. The van der Waals surface area contributed by atoms with E-state index in [1.807, 2.05) is 12.1 Å². The van der Waals surface area contributed by atoms with Gasteiger partial charge in [0.2, 0.25) is 0 Å². The number of methoxy groups -OCH3 is 3. The molecule has 0 saturated carbocycles. The lowest BCUT2D eigenvalue weighted by Gasteiger charge is -2.13. The maximum absolute atomic E-state index is 12.9. The molecule has 0 bridgehead atoms. The fourth-order valence-corrected chi connectivity index (χ4v) is 3.83. The molecule has 0 saturated heterocycles. The first-order valence-corrected chi connectivity index (χ1v) is 11.4. The SMILES string of the molecule is CCOC(=O)CSc1nnc(CNC(=O)c2ccc(OC)cc2OC)n1-c1ccc(OC)cc1. The van der Waals surface area contributed by atoms with Gasteiger partial charge in [-0.15, -0.1) is 10.2 Å². The number of rotatable bonds is 11. The van der Waals surface area contributed by atoms with Crippen LogP contribution in [0.25, 0.3) is 5.69 Å². The van der Waals surface area contributed by atoms with Gasteiger partial charge in [-0.2, -0.15) is 0 Å². The van der Waals surface area contributed by atoms with Crippen LogP contribution in [0.15, 0.2) is 47.6 Å². The highest BCUT2D eigenvalue weighted by molar-refractivity contribution is 7.99. The van der Waals surface area contributed by atoms with Crippen LogP contribution in [0.2, 0.25) is 0 Å². The summed E-state index contributed by atoms with van der Waals surface area (Å²) in [6.07, 6.45) is 0. The number of esters is 1. The van der Waals surface area contributed by atoms with Gasteiger partial charge in [0.05, 0.1) is 45.8 Å². The number of thioether (sulfide) groups is 1. The molecule has 180 valence electrons. The predicted octanol–water partition coefficient (Wildman–Crippen LogP) is 2.88. The van der Waals surface area contributed by atoms with Gasteiger partial charge in [-0.05, 0) is 43.3 Å². The highest BCUT2D eigenvalue weighted by atomic mass is 32.2. The number of nitrogens with zero attached hydrogens (tertiary/aromatic N) is 3. The Labute approximate surface area is 201 Å². The first kappa shape index (κ1) is 24.9. The van der Waals surface area contributed by atoms with Crippen LogP contribution in [0.5, 0.6) is 17.2 Å². The maximum Gasteiger partial charge on any atom is 0.316 e. The van der Waals surface area contributed by atoms with E-state index < -0.39 is 0 Å². The topological polar surface area (TPSA) is 114 Å². The van der Waals surface area contributed by atoms with Crippen molar-refractivity contribution in [3.05, 3.63) is 53.9 Å². The van der Waals surface area contributed by atoms with Crippen molar-refractivity contribution in [2.45, 2.75) is 18.6 Å². The van der Waals surface area contributed by atoms with Gasteiger partial charge in [0, 0.05) is 11.8 Å². The molecule has 11 heteroatoms. The third-order valence-corrected chi connectivity index (χ3v) is 5.62. The average molecular weight is 487 g/mol. The van der Waals surface area contributed by atoms with E-state index in [1.54, 1.807) is 48.9 Å². The number of aromatic nitrogens is 3. The van der Waals surface area contributed by atoms with E-state index in [-0.39, 0.29) is 24.2 Å². The predicted molar refractivity (Wildman–Crippen MR) is 126 cm³/mol. The molecule has 0 spiro atoms. The quantitative estimate of drug-likeness (QED) is 0.323. The average Bonchev–Trinajstić information content (AvgIpc) is 3.28. The Balaban J connectivity index is 1.84. The zero-order chi connectivity index (χ0) is 24.5. The van der Waals surface area contributed by atoms with Crippen molar-refractivity contribution in [3.63, 3.8) is 0 Å². The minimum atomic E-state index is -0.349. The molecule has 0 aliphatic carbocycles. The van der Waals surface area contributed by atoms with E-state index in [1.165, 1.54) is 26.0 Å². The molecule has 0 unspecified atom stereocenters. The van der Waals surface area contributed by atoms with E-state index >= 15 is 0 Å². The number of benzene rings is 2. The monoisotopic (exact) mass is 486 g/mol. The molecule has 2 aromatic carbocycles. The molecule has 0 aliphatic rings. The van der Waals surface area contributed by atoms with E-state index in [0.717, 1.165) is 5.69 Å². The normalized spacial score (nSPS) is 10.5. The Kier molecular flexibility index (Phi) is 8.74. The summed E-state index contributed by atoms with van der Waals surface area (Å²) in [5.74, 6) is 1.53. The number of carbonyl (C=O) groups excluding carboxylic acids is 2. The standard InChI is InChI=1S/C23H26N4O6S/c1-5-33-21(28)14-34-23-26-25-20(27(23)15-6-8-16(30-2)9-7-15)13-24-22(29)18-11-10-17(31-3)12-19(18)32-4/h6-12H,5,13-14H2,1-4H3,(H,24,29). The van der Waals surface area contributed by atoms with Crippen molar-refractivity contribution >= 4 is 23.6 Å². The Bertz CT molecular complexity index is 1130. The molecule has 1 N–H and O–H groups in total. The number of carbonyl (C=O) groups is 2. The summed E-state index contributed by atoms with van der Waals surface area (Å²) in [4.78, 5) is 24.7. The number of ether oxygens (including phenoxy) is 4. The summed E-state index contributed by atoms with van der Waals surface area (Å²) in [5, 5.41) is 11.8. The van der Waals surface area contributed by atoms with Crippen molar-refractivity contribution in [1.82, 2.24) is 20.1 Å². The molecule has 10 nitrogen and oxygen atoms in total. The second kappa shape index (κ2) is 11.9. The lowest BCUT2D eigenvalue weighted by molar-refractivity contribution is -0.139. The zero-order valence-electron chi connectivity index (χ0n) is 19.4. The van der Waals surface area contributed by atoms with Crippen LogP contribution in [0.1, 0.15) is 23.1 Å². The Morgan fingerprint density at radius 1 is 0.971 bits per heavy atom.